The van der Waals surface area contributed by atoms with Gasteiger partial charge >= 0.3 is 0 Å². The van der Waals surface area contributed by atoms with Gasteiger partial charge in [0.2, 0.25) is 0 Å². The van der Waals surface area contributed by atoms with Crippen LogP contribution in [0.4, 0.5) is 0 Å². The van der Waals surface area contributed by atoms with Crippen LogP contribution in [0, 0.1) is 6.92 Å². The number of aromatic nitrogens is 1. The first kappa shape index (κ1) is 20.0. The van der Waals surface area contributed by atoms with Gasteiger partial charge in [0, 0.05) is 5.56 Å². The fraction of sp³-hybridized carbons (Fsp3) is 0.353. The molecule has 3 rings (SSSR count). The first-order chi connectivity index (χ1) is 10.1. The Morgan fingerprint density at radius 1 is 1.22 bits per heavy atom. The number of pyridine rings is 1. The maximum absolute atomic E-state index is 6.22. The van der Waals surface area contributed by atoms with Gasteiger partial charge in [0.05, 0.1) is 11.7 Å². The number of halogens is 3. The third kappa shape index (κ3) is 4.74. The fourth-order valence-electron chi connectivity index (χ4n) is 2.28. The van der Waals surface area contributed by atoms with Gasteiger partial charge in [-0.2, -0.15) is 0 Å². The molecule has 0 unspecified atom stereocenters. The summed E-state index contributed by atoms with van der Waals surface area (Å²) in [5.74, 6) is 0.761. The van der Waals surface area contributed by atoms with Crippen LogP contribution in [0.2, 0.25) is 5.15 Å². The average Bonchev–Trinajstić information content (AvgIpc) is 3.28. The summed E-state index contributed by atoms with van der Waals surface area (Å²) in [6.07, 6.45) is 4.01. The highest BCUT2D eigenvalue weighted by Crippen LogP contribution is 2.36. The van der Waals surface area contributed by atoms with E-state index in [4.69, 9.17) is 16.3 Å². The number of rotatable bonds is 5. The van der Waals surface area contributed by atoms with Crippen molar-refractivity contribution in [2.24, 2.45) is 0 Å². The van der Waals surface area contributed by atoms with Crippen molar-refractivity contribution in [3.63, 3.8) is 0 Å². The molecule has 3 nitrogen and oxygen atoms in total. The topological polar surface area (TPSA) is 34.1 Å². The first-order valence-corrected chi connectivity index (χ1v) is 7.54. The molecule has 1 aliphatic rings. The molecule has 0 atom stereocenters. The van der Waals surface area contributed by atoms with Gasteiger partial charge in [-0.15, -0.1) is 24.8 Å². The Morgan fingerprint density at radius 3 is 2.43 bits per heavy atom. The summed E-state index contributed by atoms with van der Waals surface area (Å²) in [5, 5.41) is 3.82. The number of ether oxygens (including phenoxy) is 1. The van der Waals surface area contributed by atoms with Crippen molar-refractivity contribution in [3.05, 3.63) is 47.2 Å². The van der Waals surface area contributed by atoms with E-state index in [2.05, 4.69) is 41.5 Å². The van der Waals surface area contributed by atoms with Gasteiger partial charge in [-0.3, -0.25) is 0 Å². The molecule has 1 N–H and O–H groups in total. The highest BCUT2D eigenvalue weighted by Gasteiger charge is 2.41. The van der Waals surface area contributed by atoms with Gasteiger partial charge in [-0.05, 0) is 38.4 Å². The average molecular weight is 376 g/mol. The molecular weight excluding hydrogens is 355 g/mol. The van der Waals surface area contributed by atoms with Crippen LogP contribution in [-0.2, 0) is 0 Å². The van der Waals surface area contributed by atoms with E-state index in [1.54, 1.807) is 6.20 Å². The minimum atomic E-state index is 0. The summed E-state index contributed by atoms with van der Waals surface area (Å²) in [7, 11) is 1.98. The summed E-state index contributed by atoms with van der Waals surface area (Å²) in [5.41, 5.74) is 3.34. The lowest BCUT2D eigenvalue weighted by Crippen LogP contribution is -2.33. The summed E-state index contributed by atoms with van der Waals surface area (Å²) in [4.78, 5) is 4.24. The Labute approximate surface area is 154 Å². The number of hydrogen-bond acceptors (Lipinski definition) is 3. The Bertz CT molecular complexity index is 643. The molecule has 0 spiro atoms. The van der Waals surface area contributed by atoms with Crippen molar-refractivity contribution >= 4 is 36.4 Å². The Balaban J connectivity index is 0.00000132. The van der Waals surface area contributed by atoms with E-state index in [9.17, 15) is 0 Å². The highest BCUT2D eigenvalue weighted by atomic mass is 35.5. The van der Waals surface area contributed by atoms with Crippen LogP contribution >= 0.6 is 36.4 Å². The van der Waals surface area contributed by atoms with E-state index in [1.165, 1.54) is 5.56 Å². The molecule has 1 fully saturated rings. The highest BCUT2D eigenvalue weighted by molar-refractivity contribution is 6.32. The van der Waals surface area contributed by atoms with Gasteiger partial charge in [0.1, 0.15) is 17.5 Å². The SMILES string of the molecule is CNC1(COc2cnc(Cl)c(-c3ccc(C)cc3)c2)CC1.Cl.Cl. The third-order valence-electron chi connectivity index (χ3n) is 4.08. The Hall–Kier alpha value is -1.000. The van der Waals surface area contributed by atoms with Crippen molar-refractivity contribution in [1.29, 1.82) is 0 Å². The molecule has 1 saturated carbocycles. The minimum absolute atomic E-state index is 0. The third-order valence-corrected chi connectivity index (χ3v) is 4.38. The lowest BCUT2D eigenvalue weighted by atomic mass is 10.1. The molecule has 0 saturated heterocycles. The van der Waals surface area contributed by atoms with Gasteiger partial charge in [0.15, 0.2) is 0 Å². The largest absolute Gasteiger partial charge is 0.490 e. The number of benzene rings is 1. The van der Waals surface area contributed by atoms with Crippen LogP contribution in [0.3, 0.4) is 0 Å². The van der Waals surface area contributed by atoms with Gasteiger partial charge in [0.25, 0.3) is 0 Å². The fourth-order valence-corrected chi connectivity index (χ4v) is 2.49. The van der Waals surface area contributed by atoms with Crippen molar-refractivity contribution < 1.29 is 4.74 Å². The molecule has 1 aliphatic carbocycles. The van der Waals surface area contributed by atoms with E-state index in [-0.39, 0.29) is 30.4 Å². The molecule has 23 heavy (non-hydrogen) atoms. The molecular formula is C17H21Cl3N2O. The molecule has 1 aromatic carbocycles. The normalized spacial score (nSPS) is 14.4. The van der Waals surface area contributed by atoms with Crippen LogP contribution in [-0.4, -0.2) is 24.2 Å². The molecule has 0 bridgehead atoms. The summed E-state index contributed by atoms with van der Waals surface area (Å²) in [6.45, 7) is 2.73. The van der Waals surface area contributed by atoms with Crippen LogP contribution in [0.15, 0.2) is 36.5 Å². The zero-order valence-electron chi connectivity index (χ0n) is 13.1. The van der Waals surface area contributed by atoms with Crippen LogP contribution in [0.25, 0.3) is 11.1 Å². The molecule has 1 heterocycles. The van der Waals surface area contributed by atoms with E-state index >= 15 is 0 Å². The predicted octanol–water partition coefficient (Wildman–Crippen LogP) is 4.68. The monoisotopic (exact) mass is 374 g/mol. The van der Waals surface area contributed by atoms with E-state index in [1.807, 2.05) is 13.1 Å². The number of nitrogens with zero attached hydrogens (tertiary/aromatic N) is 1. The molecule has 0 radical (unpaired) electrons. The van der Waals surface area contributed by atoms with Crippen molar-refractivity contribution in [2.45, 2.75) is 25.3 Å². The first-order valence-electron chi connectivity index (χ1n) is 7.16. The zero-order valence-corrected chi connectivity index (χ0v) is 15.5. The molecule has 6 heteroatoms. The van der Waals surface area contributed by atoms with Crippen LogP contribution in [0.5, 0.6) is 5.75 Å². The zero-order chi connectivity index (χ0) is 14.9. The minimum Gasteiger partial charge on any atom is -0.490 e. The van der Waals surface area contributed by atoms with Crippen molar-refractivity contribution in [3.8, 4) is 16.9 Å². The number of aryl methyl sites for hydroxylation is 1. The lowest BCUT2D eigenvalue weighted by Gasteiger charge is -2.15. The van der Waals surface area contributed by atoms with E-state index in [0.717, 1.165) is 29.7 Å². The summed E-state index contributed by atoms with van der Waals surface area (Å²) >= 11 is 6.22. The van der Waals surface area contributed by atoms with Crippen molar-refractivity contribution in [1.82, 2.24) is 10.3 Å². The quantitative estimate of drug-likeness (QED) is 0.770. The van der Waals surface area contributed by atoms with Crippen molar-refractivity contribution in [2.75, 3.05) is 13.7 Å². The van der Waals surface area contributed by atoms with Crippen LogP contribution in [0.1, 0.15) is 18.4 Å². The molecule has 1 aromatic heterocycles. The maximum atomic E-state index is 6.22. The summed E-state index contributed by atoms with van der Waals surface area (Å²) < 4.78 is 5.88. The Morgan fingerprint density at radius 2 is 1.87 bits per heavy atom. The van der Waals surface area contributed by atoms with Crippen LogP contribution < -0.4 is 10.1 Å². The number of likely N-dealkylation sites (N-methyl/N-ethyl adjacent to an activating group) is 1. The van der Waals surface area contributed by atoms with Gasteiger partial charge in [-0.1, -0.05) is 41.4 Å². The second-order valence-corrected chi connectivity index (χ2v) is 6.05. The molecule has 0 aliphatic heterocycles. The van der Waals surface area contributed by atoms with E-state index < -0.39 is 0 Å². The Kier molecular flexibility index (Phi) is 7.15. The van der Waals surface area contributed by atoms with Gasteiger partial charge in [-0.25, -0.2) is 4.98 Å². The molecule has 126 valence electrons. The summed E-state index contributed by atoms with van der Waals surface area (Å²) in [6, 6.07) is 10.2. The smallest absolute Gasteiger partial charge is 0.138 e. The van der Waals surface area contributed by atoms with E-state index in [0.29, 0.717) is 11.8 Å². The number of nitrogens with one attached hydrogen (secondary N) is 1. The predicted molar refractivity (Wildman–Crippen MR) is 100 cm³/mol. The number of hydrogen-bond donors (Lipinski definition) is 1. The molecule has 0 amide bonds. The second kappa shape index (κ2) is 8.20. The second-order valence-electron chi connectivity index (χ2n) is 5.69. The maximum Gasteiger partial charge on any atom is 0.138 e. The standard InChI is InChI=1S/C17H19ClN2O.2ClH/c1-12-3-5-13(6-4-12)15-9-14(10-20-16(15)18)21-11-17(19-2)7-8-17;;/h3-6,9-10,19H,7-8,11H2,1-2H3;2*1H. The van der Waals surface area contributed by atoms with Gasteiger partial charge < -0.3 is 10.1 Å². The lowest BCUT2D eigenvalue weighted by molar-refractivity contribution is 0.259. The molecule has 2 aromatic rings.